The third kappa shape index (κ3) is 2.97. The fourth-order valence-electron chi connectivity index (χ4n) is 1.96. The van der Waals surface area contributed by atoms with Crippen molar-refractivity contribution in [2.75, 3.05) is 0 Å². The number of rotatable bonds is 3. The van der Waals surface area contributed by atoms with Crippen LogP contribution in [0.15, 0.2) is 26.4 Å². The smallest absolute Gasteiger partial charge is 0.268 e. The predicted octanol–water partition coefficient (Wildman–Crippen LogP) is 1.36. The van der Waals surface area contributed by atoms with E-state index < -0.39 is 15.6 Å². The van der Waals surface area contributed by atoms with E-state index in [-0.39, 0.29) is 10.9 Å². The van der Waals surface area contributed by atoms with Crippen molar-refractivity contribution >= 4 is 26.0 Å². The van der Waals surface area contributed by atoms with E-state index in [1.54, 1.807) is 0 Å². The zero-order valence-electron chi connectivity index (χ0n) is 9.07. The van der Waals surface area contributed by atoms with Crippen molar-refractivity contribution in [2.45, 2.75) is 36.6 Å². The lowest BCUT2D eigenvalue weighted by atomic mass is 10.3. The number of pyridine rings is 1. The van der Waals surface area contributed by atoms with Gasteiger partial charge in [0, 0.05) is 16.7 Å². The molecule has 2 rings (SSSR count). The lowest BCUT2D eigenvalue weighted by Gasteiger charge is -2.11. The molecule has 0 unspecified atom stereocenters. The topological polar surface area (TPSA) is 79.0 Å². The molecule has 1 aliphatic rings. The zero-order valence-corrected chi connectivity index (χ0v) is 11.5. The number of aromatic nitrogens is 1. The van der Waals surface area contributed by atoms with Gasteiger partial charge in [-0.1, -0.05) is 12.8 Å². The van der Waals surface area contributed by atoms with Crippen LogP contribution in [0.3, 0.4) is 0 Å². The average Bonchev–Trinajstić information content (AvgIpc) is 2.73. The first kappa shape index (κ1) is 12.8. The van der Waals surface area contributed by atoms with Gasteiger partial charge in [0.25, 0.3) is 5.56 Å². The predicted molar refractivity (Wildman–Crippen MR) is 67.3 cm³/mol. The molecule has 0 amide bonds. The lowest BCUT2D eigenvalue weighted by molar-refractivity contribution is 0.551. The lowest BCUT2D eigenvalue weighted by Crippen LogP contribution is -2.35. The summed E-state index contributed by atoms with van der Waals surface area (Å²) in [7, 11) is -3.72. The molecule has 1 aromatic heterocycles. The Balaban J connectivity index is 2.30. The summed E-state index contributed by atoms with van der Waals surface area (Å²) in [4.78, 5) is 13.6. The fraction of sp³-hybridized carbons (Fsp3) is 0.500. The zero-order chi connectivity index (χ0) is 12.5. The summed E-state index contributed by atoms with van der Waals surface area (Å²) in [6.07, 6.45) is 5.15. The van der Waals surface area contributed by atoms with E-state index in [9.17, 15) is 13.2 Å². The van der Waals surface area contributed by atoms with Crippen molar-refractivity contribution in [3.63, 3.8) is 0 Å². The van der Waals surface area contributed by atoms with Crippen molar-refractivity contribution < 1.29 is 8.42 Å². The number of nitrogens with one attached hydrogen (secondary N) is 2. The molecule has 0 aliphatic heterocycles. The highest BCUT2D eigenvalue weighted by atomic mass is 79.9. The first-order chi connectivity index (χ1) is 7.99. The maximum Gasteiger partial charge on any atom is 0.268 e. The molecule has 0 aromatic carbocycles. The van der Waals surface area contributed by atoms with Crippen LogP contribution >= 0.6 is 15.9 Å². The van der Waals surface area contributed by atoms with Gasteiger partial charge >= 0.3 is 0 Å². The molecule has 1 aliphatic carbocycles. The molecule has 0 bridgehead atoms. The molecule has 0 saturated heterocycles. The SMILES string of the molecule is O=c1[nH]cc(Br)cc1S(=O)(=O)NC1CCCC1. The van der Waals surface area contributed by atoms with Crippen LogP contribution in [0.25, 0.3) is 0 Å². The molecule has 94 valence electrons. The van der Waals surface area contributed by atoms with E-state index in [1.165, 1.54) is 12.3 Å². The Kier molecular flexibility index (Phi) is 3.70. The fourth-order valence-corrected chi connectivity index (χ4v) is 3.85. The Morgan fingerprint density at radius 2 is 2.00 bits per heavy atom. The number of hydrogen-bond donors (Lipinski definition) is 2. The Morgan fingerprint density at radius 3 is 2.65 bits per heavy atom. The minimum Gasteiger partial charge on any atom is -0.327 e. The normalized spacial score (nSPS) is 17.5. The van der Waals surface area contributed by atoms with E-state index in [0.29, 0.717) is 4.47 Å². The largest absolute Gasteiger partial charge is 0.327 e. The molecule has 1 aromatic rings. The number of sulfonamides is 1. The Bertz CT molecular complexity index is 561. The van der Waals surface area contributed by atoms with Crippen LogP contribution in [0.1, 0.15) is 25.7 Å². The van der Waals surface area contributed by atoms with Crippen LogP contribution in [0.2, 0.25) is 0 Å². The Labute approximate surface area is 108 Å². The second kappa shape index (κ2) is 4.91. The highest BCUT2D eigenvalue weighted by Crippen LogP contribution is 2.20. The van der Waals surface area contributed by atoms with Gasteiger partial charge in [0.1, 0.15) is 4.90 Å². The number of H-pyrrole nitrogens is 1. The third-order valence-electron chi connectivity index (χ3n) is 2.80. The van der Waals surface area contributed by atoms with Crippen LogP contribution in [0.5, 0.6) is 0 Å². The summed E-state index contributed by atoms with van der Waals surface area (Å²) >= 11 is 3.14. The van der Waals surface area contributed by atoms with Crippen molar-refractivity contribution in [2.24, 2.45) is 0 Å². The summed E-state index contributed by atoms with van der Waals surface area (Å²) < 4.78 is 27.1. The molecular weight excluding hydrogens is 308 g/mol. The van der Waals surface area contributed by atoms with Crippen molar-refractivity contribution in [3.05, 3.63) is 27.1 Å². The van der Waals surface area contributed by atoms with Gasteiger partial charge in [-0.2, -0.15) is 0 Å². The van der Waals surface area contributed by atoms with Crippen molar-refractivity contribution in [1.82, 2.24) is 9.71 Å². The minimum atomic E-state index is -3.72. The van der Waals surface area contributed by atoms with Gasteiger partial charge in [0.2, 0.25) is 10.0 Å². The summed E-state index contributed by atoms with van der Waals surface area (Å²) in [5.74, 6) is 0. The van der Waals surface area contributed by atoms with Gasteiger partial charge in [-0.05, 0) is 34.8 Å². The van der Waals surface area contributed by atoms with Gasteiger partial charge < -0.3 is 4.98 Å². The average molecular weight is 321 g/mol. The molecule has 1 fully saturated rings. The van der Waals surface area contributed by atoms with Crippen LogP contribution in [-0.4, -0.2) is 19.4 Å². The second-order valence-corrected chi connectivity index (χ2v) is 6.71. The van der Waals surface area contributed by atoms with Gasteiger partial charge in [-0.3, -0.25) is 4.79 Å². The molecule has 1 saturated carbocycles. The second-order valence-electron chi connectivity index (χ2n) is 4.11. The third-order valence-corrected chi connectivity index (χ3v) is 4.78. The molecule has 7 heteroatoms. The first-order valence-corrected chi connectivity index (χ1v) is 7.67. The first-order valence-electron chi connectivity index (χ1n) is 5.39. The molecular formula is C10H13BrN2O3S. The molecule has 5 nitrogen and oxygen atoms in total. The summed E-state index contributed by atoms with van der Waals surface area (Å²) in [5.41, 5.74) is -0.598. The maximum absolute atomic E-state index is 12.0. The van der Waals surface area contributed by atoms with E-state index >= 15 is 0 Å². The summed E-state index contributed by atoms with van der Waals surface area (Å²) in [6, 6.07) is 1.27. The highest BCUT2D eigenvalue weighted by molar-refractivity contribution is 9.10. The van der Waals surface area contributed by atoms with Gasteiger partial charge in [0.05, 0.1) is 0 Å². The molecule has 1 heterocycles. The van der Waals surface area contributed by atoms with Crippen LogP contribution in [0, 0.1) is 0 Å². The maximum atomic E-state index is 12.0. The Hall–Kier alpha value is -0.660. The van der Waals surface area contributed by atoms with E-state index in [4.69, 9.17) is 0 Å². The van der Waals surface area contributed by atoms with Crippen LogP contribution in [0.4, 0.5) is 0 Å². The summed E-state index contributed by atoms with van der Waals surface area (Å²) in [5, 5.41) is 0. The molecule has 0 radical (unpaired) electrons. The van der Waals surface area contributed by atoms with Crippen molar-refractivity contribution in [3.8, 4) is 0 Å². The van der Waals surface area contributed by atoms with Gasteiger partial charge in [-0.15, -0.1) is 0 Å². The minimum absolute atomic E-state index is 0.0432. The van der Waals surface area contributed by atoms with Gasteiger partial charge in [-0.25, -0.2) is 13.1 Å². The molecule has 17 heavy (non-hydrogen) atoms. The number of halogens is 1. The monoisotopic (exact) mass is 320 g/mol. The summed E-state index contributed by atoms with van der Waals surface area (Å²) in [6.45, 7) is 0. The van der Waals surface area contributed by atoms with Crippen molar-refractivity contribution in [1.29, 1.82) is 0 Å². The van der Waals surface area contributed by atoms with E-state index in [1.807, 2.05) is 0 Å². The standard InChI is InChI=1S/C10H13BrN2O3S/c11-7-5-9(10(14)12-6-7)17(15,16)13-8-3-1-2-4-8/h5-6,8,13H,1-4H2,(H,12,14). The number of aromatic amines is 1. The van der Waals surface area contributed by atoms with Gasteiger partial charge in [0.15, 0.2) is 0 Å². The number of hydrogen-bond acceptors (Lipinski definition) is 3. The molecule has 2 N–H and O–H groups in total. The van der Waals surface area contributed by atoms with Crippen LogP contribution in [-0.2, 0) is 10.0 Å². The molecule has 0 atom stereocenters. The van der Waals surface area contributed by atoms with E-state index in [0.717, 1.165) is 25.7 Å². The van der Waals surface area contributed by atoms with Crippen LogP contribution < -0.4 is 10.3 Å². The van der Waals surface area contributed by atoms with E-state index in [2.05, 4.69) is 25.6 Å². The quantitative estimate of drug-likeness (QED) is 0.882. The highest BCUT2D eigenvalue weighted by Gasteiger charge is 2.25. The molecule has 0 spiro atoms. The Morgan fingerprint density at radius 1 is 1.35 bits per heavy atom.